The zero-order valence-electron chi connectivity index (χ0n) is 14.2. The molecule has 128 valence electrons. The number of nitrogens with zero attached hydrogens (tertiary/aromatic N) is 3. The van der Waals surface area contributed by atoms with Gasteiger partial charge in [0, 0.05) is 42.4 Å². The Bertz CT molecular complexity index is 1020. The molecule has 0 saturated heterocycles. The Balaban J connectivity index is 1.37. The van der Waals surface area contributed by atoms with Crippen molar-refractivity contribution in [1.82, 2.24) is 19.9 Å². The van der Waals surface area contributed by atoms with Crippen molar-refractivity contribution in [2.45, 2.75) is 13.1 Å². The van der Waals surface area contributed by atoms with E-state index in [1.807, 2.05) is 65.4 Å². The highest BCUT2D eigenvalue weighted by atomic mass is 16.1. The maximum atomic E-state index is 12.3. The number of carbonyl (C=O) groups is 1. The predicted octanol–water partition coefficient (Wildman–Crippen LogP) is 3.41. The van der Waals surface area contributed by atoms with Gasteiger partial charge in [-0.15, -0.1) is 0 Å². The first-order valence-corrected chi connectivity index (χ1v) is 8.45. The highest BCUT2D eigenvalue weighted by Crippen LogP contribution is 2.16. The molecular formula is C21H18N4O. The van der Waals surface area contributed by atoms with Crippen LogP contribution >= 0.6 is 0 Å². The minimum atomic E-state index is -0.0253. The Hall–Kier alpha value is -3.47. The van der Waals surface area contributed by atoms with Crippen LogP contribution in [0.15, 0.2) is 79.4 Å². The minimum Gasteiger partial charge on any atom is -0.350 e. The second-order valence-corrected chi connectivity index (χ2v) is 6.07. The molecule has 1 N–H and O–H groups in total. The van der Waals surface area contributed by atoms with E-state index in [2.05, 4.69) is 15.3 Å². The average molecular weight is 342 g/mol. The molecule has 1 aromatic carbocycles. The van der Waals surface area contributed by atoms with E-state index >= 15 is 0 Å². The van der Waals surface area contributed by atoms with E-state index in [1.54, 1.807) is 18.6 Å². The van der Waals surface area contributed by atoms with Crippen LogP contribution in [0.5, 0.6) is 0 Å². The number of hydrogen-bond donors (Lipinski definition) is 1. The maximum absolute atomic E-state index is 12.3. The van der Waals surface area contributed by atoms with Gasteiger partial charge in [0.2, 0.25) is 5.91 Å². The lowest BCUT2D eigenvalue weighted by Crippen LogP contribution is -2.26. The molecule has 0 spiro atoms. The number of amides is 1. The molecule has 5 heteroatoms. The average Bonchev–Trinajstić information content (AvgIpc) is 3.10. The van der Waals surface area contributed by atoms with Crippen LogP contribution in [0.2, 0.25) is 0 Å². The first-order chi connectivity index (χ1) is 12.8. The van der Waals surface area contributed by atoms with Crippen molar-refractivity contribution in [1.29, 1.82) is 0 Å². The van der Waals surface area contributed by atoms with Crippen molar-refractivity contribution < 1.29 is 4.79 Å². The first kappa shape index (κ1) is 16.0. The molecule has 5 nitrogen and oxygen atoms in total. The molecule has 3 aromatic heterocycles. The number of nitrogens with one attached hydrogen (secondary N) is 1. The summed E-state index contributed by atoms with van der Waals surface area (Å²) in [6.45, 7) is 0.757. The van der Waals surface area contributed by atoms with Gasteiger partial charge < -0.3 is 9.88 Å². The van der Waals surface area contributed by atoms with Gasteiger partial charge in [-0.3, -0.25) is 14.8 Å². The number of carbonyl (C=O) groups excluding carboxylic acids is 1. The summed E-state index contributed by atoms with van der Waals surface area (Å²) in [5, 5.41) is 4.08. The summed E-state index contributed by atoms with van der Waals surface area (Å²) < 4.78 is 1.95. The second kappa shape index (κ2) is 7.19. The monoisotopic (exact) mass is 342 g/mol. The van der Waals surface area contributed by atoms with Gasteiger partial charge >= 0.3 is 0 Å². The van der Waals surface area contributed by atoms with Crippen molar-refractivity contribution >= 4 is 16.8 Å². The third-order valence-corrected chi connectivity index (χ3v) is 4.27. The van der Waals surface area contributed by atoms with Crippen LogP contribution < -0.4 is 5.32 Å². The molecule has 0 bridgehead atoms. The molecule has 0 fully saturated rings. The summed E-state index contributed by atoms with van der Waals surface area (Å²) in [6, 6.07) is 17.8. The SMILES string of the molecule is O=C(Cn1ccc2ccccc21)NCc1ccc(-c2cccnc2)nc1. The number of para-hydroxylation sites is 1. The summed E-state index contributed by atoms with van der Waals surface area (Å²) in [7, 11) is 0. The van der Waals surface area contributed by atoms with Crippen molar-refractivity contribution in [3.63, 3.8) is 0 Å². The molecule has 3 heterocycles. The van der Waals surface area contributed by atoms with E-state index in [0.29, 0.717) is 13.1 Å². The number of pyridine rings is 2. The van der Waals surface area contributed by atoms with E-state index in [4.69, 9.17) is 0 Å². The molecule has 1 amide bonds. The number of aromatic nitrogens is 3. The quantitative estimate of drug-likeness (QED) is 0.604. The Morgan fingerprint density at radius 2 is 1.92 bits per heavy atom. The highest BCUT2D eigenvalue weighted by Gasteiger charge is 2.06. The molecule has 0 unspecified atom stereocenters. The normalized spacial score (nSPS) is 10.8. The number of benzene rings is 1. The van der Waals surface area contributed by atoms with Crippen LogP contribution in [0.4, 0.5) is 0 Å². The maximum Gasteiger partial charge on any atom is 0.240 e. The largest absolute Gasteiger partial charge is 0.350 e. The molecule has 4 aromatic rings. The lowest BCUT2D eigenvalue weighted by molar-refractivity contribution is -0.121. The standard InChI is InChI=1S/C21H18N4O/c26-21(15-25-11-9-17-4-1-2-6-20(17)25)24-13-16-7-8-19(23-12-16)18-5-3-10-22-14-18/h1-12,14H,13,15H2,(H,24,26). The molecule has 0 saturated carbocycles. The summed E-state index contributed by atoms with van der Waals surface area (Å²) >= 11 is 0. The summed E-state index contributed by atoms with van der Waals surface area (Å²) in [5.74, 6) is -0.0253. The van der Waals surface area contributed by atoms with Crippen LogP contribution in [0.25, 0.3) is 22.2 Å². The van der Waals surface area contributed by atoms with Crippen molar-refractivity contribution in [3.05, 3.63) is 84.9 Å². The van der Waals surface area contributed by atoms with E-state index < -0.39 is 0 Å². The Kier molecular flexibility index (Phi) is 4.43. The summed E-state index contributed by atoms with van der Waals surface area (Å²) in [6.07, 6.45) is 7.24. The lowest BCUT2D eigenvalue weighted by Gasteiger charge is -2.08. The van der Waals surface area contributed by atoms with E-state index in [0.717, 1.165) is 27.7 Å². The smallest absolute Gasteiger partial charge is 0.240 e. The van der Waals surface area contributed by atoms with Crippen LogP contribution in [-0.2, 0) is 17.9 Å². The molecule has 26 heavy (non-hydrogen) atoms. The van der Waals surface area contributed by atoms with E-state index in [-0.39, 0.29) is 5.91 Å². The zero-order valence-corrected chi connectivity index (χ0v) is 14.2. The Morgan fingerprint density at radius 1 is 1.00 bits per heavy atom. The molecular weight excluding hydrogens is 324 g/mol. The van der Waals surface area contributed by atoms with Gasteiger partial charge in [0.1, 0.15) is 6.54 Å². The Labute approximate surface area is 151 Å². The van der Waals surface area contributed by atoms with Gasteiger partial charge in [0.15, 0.2) is 0 Å². The third kappa shape index (κ3) is 3.47. The van der Waals surface area contributed by atoms with Crippen molar-refractivity contribution in [2.24, 2.45) is 0 Å². The molecule has 0 aliphatic heterocycles. The lowest BCUT2D eigenvalue weighted by atomic mass is 10.1. The molecule has 0 aliphatic carbocycles. The van der Waals surface area contributed by atoms with Gasteiger partial charge in [-0.2, -0.15) is 0 Å². The van der Waals surface area contributed by atoms with Crippen LogP contribution in [0, 0.1) is 0 Å². The summed E-state index contributed by atoms with van der Waals surface area (Å²) in [5.41, 5.74) is 3.86. The van der Waals surface area contributed by atoms with Crippen LogP contribution in [-0.4, -0.2) is 20.4 Å². The van der Waals surface area contributed by atoms with E-state index in [1.165, 1.54) is 0 Å². The molecule has 4 rings (SSSR count). The molecule has 0 atom stereocenters. The summed E-state index contributed by atoms with van der Waals surface area (Å²) in [4.78, 5) is 20.8. The number of fused-ring (bicyclic) bond motifs is 1. The van der Waals surface area contributed by atoms with Gasteiger partial charge in [-0.1, -0.05) is 24.3 Å². The third-order valence-electron chi connectivity index (χ3n) is 4.27. The number of rotatable bonds is 5. The van der Waals surface area contributed by atoms with Gasteiger partial charge in [0.25, 0.3) is 0 Å². The van der Waals surface area contributed by atoms with Gasteiger partial charge in [-0.25, -0.2) is 0 Å². The predicted molar refractivity (Wildman–Crippen MR) is 101 cm³/mol. The zero-order chi connectivity index (χ0) is 17.8. The fourth-order valence-corrected chi connectivity index (χ4v) is 2.90. The van der Waals surface area contributed by atoms with Crippen LogP contribution in [0.1, 0.15) is 5.56 Å². The van der Waals surface area contributed by atoms with Crippen molar-refractivity contribution in [2.75, 3.05) is 0 Å². The van der Waals surface area contributed by atoms with Gasteiger partial charge in [-0.05, 0) is 41.3 Å². The first-order valence-electron chi connectivity index (χ1n) is 8.45. The van der Waals surface area contributed by atoms with Gasteiger partial charge in [0.05, 0.1) is 5.69 Å². The minimum absolute atomic E-state index is 0.0253. The fourth-order valence-electron chi connectivity index (χ4n) is 2.90. The van der Waals surface area contributed by atoms with Crippen molar-refractivity contribution in [3.8, 4) is 11.3 Å². The fraction of sp³-hybridized carbons (Fsp3) is 0.0952. The van der Waals surface area contributed by atoms with Crippen LogP contribution in [0.3, 0.4) is 0 Å². The molecule has 0 aliphatic rings. The second-order valence-electron chi connectivity index (χ2n) is 6.07. The highest BCUT2D eigenvalue weighted by molar-refractivity contribution is 5.83. The molecule has 0 radical (unpaired) electrons. The number of hydrogen-bond acceptors (Lipinski definition) is 3. The van der Waals surface area contributed by atoms with E-state index in [9.17, 15) is 4.79 Å². The Morgan fingerprint density at radius 3 is 2.73 bits per heavy atom. The topological polar surface area (TPSA) is 59.8 Å².